The van der Waals surface area contributed by atoms with E-state index >= 15 is 0 Å². The number of hydrogen-bond acceptors (Lipinski definition) is 5. The topological polar surface area (TPSA) is 88.3 Å². The summed E-state index contributed by atoms with van der Waals surface area (Å²) < 4.78 is 25.2. The fourth-order valence-corrected chi connectivity index (χ4v) is 4.22. The molecule has 0 radical (unpaired) electrons. The second kappa shape index (κ2) is 6.35. The van der Waals surface area contributed by atoms with E-state index in [0.29, 0.717) is 0 Å². The van der Waals surface area contributed by atoms with Gasteiger partial charge in [-0.15, -0.1) is 4.83 Å². The molecule has 0 amide bonds. The van der Waals surface area contributed by atoms with Crippen molar-refractivity contribution in [2.75, 3.05) is 0 Å². The maximum absolute atomic E-state index is 12.6. The van der Waals surface area contributed by atoms with Crippen molar-refractivity contribution >= 4 is 27.2 Å². The molecule has 1 aromatic heterocycles. The summed E-state index contributed by atoms with van der Waals surface area (Å²) in [4.78, 5) is 6.61. The van der Waals surface area contributed by atoms with E-state index in [1.54, 1.807) is 11.1 Å². The second-order valence-corrected chi connectivity index (χ2v) is 7.41. The molecule has 1 aromatic rings. The molecule has 2 atom stereocenters. The molecule has 2 heterocycles. The van der Waals surface area contributed by atoms with Crippen molar-refractivity contribution in [1.82, 2.24) is 14.8 Å². The fourth-order valence-electron chi connectivity index (χ4n) is 2.58. The number of sulfonamides is 1. The third-order valence-corrected chi connectivity index (χ3v) is 5.27. The smallest absolute Gasteiger partial charge is 0.255 e. The van der Waals surface area contributed by atoms with Crippen LogP contribution in [0, 0.1) is 0 Å². The monoisotopic (exact) mass is 328 g/mol. The molecule has 0 aliphatic carbocycles. The maximum Gasteiger partial charge on any atom is 0.255 e. The third kappa shape index (κ3) is 3.57. The molecule has 1 aliphatic heterocycles. The van der Waals surface area contributed by atoms with Crippen LogP contribution in [0.2, 0.25) is 0 Å². The zero-order chi connectivity index (χ0) is 15.6. The molecule has 1 saturated heterocycles. The number of piperidine rings is 1. The van der Waals surface area contributed by atoms with Gasteiger partial charge < -0.3 is 5.73 Å². The van der Waals surface area contributed by atoms with Crippen LogP contribution >= 0.6 is 12.2 Å². The number of aromatic nitrogens is 1. The molecule has 0 saturated carbocycles. The van der Waals surface area contributed by atoms with Crippen LogP contribution in [0.15, 0.2) is 23.2 Å². The molecule has 8 heteroatoms. The van der Waals surface area contributed by atoms with Gasteiger partial charge in [0.15, 0.2) is 0 Å². The molecule has 0 spiro atoms. The van der Waals surface area contributed by atoms with Gasteiger partial charge in [0.25, 0.3) is 10.0 Å². The highest BCUT2D eigenvalue weighted by molar-refractivity contribution is 7.89. The van der Waals surface area contributed by atoms with Crippen LogP contribution in [0.5, 0.6) is 0 Å². The summed E-state index contributed by atoms with van der Waals surface area (Å²) in [6, 6.07) is 3.31. The van der Waals surface area contributed by atoms with Crippen molar-refractivity contribution in [2.45, 2.75) is 50.1 Å². The Morgan fingerprint density at radius 3 is 2.62 bits per heavy atom. The lowest BCUT2D eigenvalue weighted by molar-refractivity contribution is 0.0790. The quantitative estimate of drug-likeness (QED) is 0.807. The van der Waals surface area contributed by atoms with Crippen molar-refractivity contribution in [3.8, 4) is 0 Å². The average molecular weight is 328 g/mol. The highest BCUT2D eigenvalue weighted by Gasteiger charge is 2.30. The summed E-state index contributed by atoms with van der Waals surface area (Å²) in [5, 5.41) is 1.79. The van der Waals surface area contributed by atoms with E-state index in [1.807, 2.05) is 13.8 Å². The van der Waals surface area contributed by atoms with Crippen molar-refractivity contribution in [2.24, 2.45) is 5.73 Å². The number of rotatable bonds is 4. The van der Waals surface area contributed by atoms with Crippen LogP contribution in [0.1, 0.15) is 38.8 Å². The normalized spacial score (nSPS) is 23.9. The highest BCUT2D eigenvalue weighted by Crippen LogP contribution is 2.22. The number of nitrogens with zero attached hydrogens (tertiary/aromatic N) is 2. The van der Waals surface area contributed by atoms with Gasteiger partial charge in [0, 0.05) is 18.3 Å². The Kier molecular flexibility index (Phi) is 4.92. The number of nitrogens with one attached hydrogen (secondary N) is 1. The minimum Gasteiger partial charge on any atom is -0.388 e. The number of nitrogens with two attached hydrogens (primary N) is 1. The Morgan fingerprint density at radius 1 is 1.43 bits per heavy atom. The minimum absolute atomic E-state index is 0.0162. The lowest BCUT2D eigenvalue weighted by Crippen LogP contribution is -2.54. The molecule has 1 aliphatic rings. The molecule has 3 N–H and O–H groups in total. The SMILES string of the molecule is CC1CCCC(C)N1NS(=O)(=O)c1cccnc1C(N)=S. The van der Waals surface area contributed by atoms with Gasteiger partial charge >= 0.3 is 0 Å². The third-order valence-electron chi connectivity index (χ3n) is 3.71. The zero-order valence-electron chi connectivity index (χ0n) is 12.1. The van der Waals surface area contributed by atoms with E-state index < -0.39 is 10.0 Å². The van der Waals surface area contributed by atoms with Crippen LogP contribution in [0.4, 0.5) is 0 Å². The fraction of sp³-hybridized carbons (Fsp3) is 0.538. The predicted molar refractivity (Wildman–Crippen MR) is 85.1 cm³/mol. The van der Waals surface area contributed by atoms with E-state index in [-0.39, 0.29) is 27.7 Å². The van der Waals surface area contributed by atoms with Gasteiger partial charge in [-0.2, -0.15) is 0 Å². The summed E-state index contributed by atoms with van der Waals surface area (Å²) in [5.41, 5.74) is 5.68. The first kappa shape index (κ1) is 16.3. The molecule has 21 heavy (non-hydrogen) atoms. The molecule has 0 bridgehead atoms. The van der Waals surface area contributed by atoms with Crippen molar-refractivity contribution in [3.63, 3.8) is 0 Å². The van der Waals surface area contributed by atoms with Crippen molar-refractivity contribution in [1.29, 1.82) is 0 Å². The summed E-state index contributed by atoms with van der Waals surface area (Å²) in [6.45, 7) is 4.02. The number of thiocarbonyl (C=S) groups is 1. The molecule has 116 valence electrons. The zero-order valence-corrected chi connectivity index (χ0v) is 13.7. The van der Waals surface area contributed by atoms with Gasteiger partial charge in [0.2, 0.25) is 0 Å². The van der Waals surface area contributed by atoms with E-state index in [9.17, 15) is 8.42 Å². The number of hydrazine groups is 1. The Balaban J connectivity index is 2.32. The van der Waals surface area contributed by atoms with Crippen molar-refractivity contribution in [3.05, 3.63) is 24.0 Å². The van der Waals surface area contributed by atoms with Gasteiger partial charge in [-0.25, -0.2) is 13.4 Å². The van der Waals surface area contributed by atoms with Crippen LogP contribution in [-0.4, -0.2) is 35.5 Å². The number of pyridine rings is 1. The molecule has 2 unspecified atom stereocenters. The largest absolute Gasteiger partial charge is 0.388 e. The summed E-state index contributed by atoms with van der Waals surface area (Å²) in [7, 11) is -3.76. The van der Waals surface area contributed by atoms with Crippen LogP contribution in [0.25, 0.3) is 0 Å². The molecular weight excluding hydrogens is 308 g/mol. The van der Waals surface area contributed by atoms with E-state index in [4.69, 9.17) is 18.0 Å². The van der Waals surface area contributed by atoms with Crippen LogP contribution < -0.4 is 10.6 Å². The van der Waals surface area contributed by atoms with Gasteiger partial charge in [-0.3, -0.25) is 4.98 Å². The summed E-state index contributed by atoms with van der Waals surface area (Å²) in [6.07, 6.45) is 4.50. The van der Waals surface area contributed by atoms with Crippen LogP contribution in [-0.2, 0) is 10.0 Å². The van der Waals surface area contributed by atoms with E-state index in [0.717, 1.165) is 19.3 Å². The first-order chi connectivity index (χ1) is 9.83. The predicted octanol–water partition coefficient (Wildman–Crippen LogP) is 1.17. The summed E-state index contributed by atoms with van der Waals surface area (Å²) >= 11 is 4.88. The standard InChI is InChI=1S/C13H20N4O2S2/c1-9-5-3-6-10(2)17(9)16-21(18,19)11-7-4-8-15-12(11)13(14)20/h4,7-10,16H,3,5-6H2,1-2H3,(H2,14,20). The van der Waals surface area contributed by atoms with Crippen molar-refractivity contribution < 1.29 is 8.42 Å². The van der Waals surface area contributed by atoms with Gasteiger partial charge in [-0.05, 0) is 38.8 Å². The van der Waals surface area contributed by atoms with Crippen LogP contribution in [0.3, 0.4) is 0 Å². The Bertz CT molecular complexity index is 623. The average Bonchev–Trinajstić information content (AvgIpc) is 2.43. The Morgan fingerprint density at radius 2 is 2.05 bits per heavy atom. The highest BCUT2D eigenvalue weighted by atomic mass is 32.2. The first-order valence-electron chi connectivity index (χ1n) is 6.88. The first-order valence-corrected chi connectivity index (χ1v) is 8.77. The van der Waals surface area contributed by atoms with Gasteiger partial charge in [-0.1, -0.05) is 18.6 Å². The second-order valence-electron chi connectivity index (χ2n) is 5.35. The lowest BCUT2D eigenvalue weighted by atomic mass is 10.0. The Hall–Kier alpha value is -1.09. The molecular formula is C13H20N4O2S2. The van der Waals surface area contributed by atoms with Gasteiger partial charge in [0.05, 0.1) is 0 Å². The molecule has 6 nitrogen and oxygen atoms in total. The maximum atomic E-state index is 12.6. The molecule has 1 fully saturated rings. The lowest BCUT2D eigenvalue weighted by Gasteiger charge is -2.38. The number of hydrogen-bond donors (Lipinski definition) is 2. The summed E-state index contributed by atoms with van der Waals surface area (Å²) in [5.74, 6) is 0. The molecule has 0 aromatic carbocycles. The Labute approximate surface area is 130 Å². The van der Waals surface area contributed by atoms with E-state index in [1.165, 1.54) is 12.3 Å². The van der Waals surface area contributed by atoms with E-state index in [2.05, 4.69) is 9.82 Å². The van der Waals surface area contributed by atoms with Gasteiger partial charge in [0.1, 0.15) is 15.6 Å². The minimum atomic E-state index is -3.76. The molecule has 2 rings (SSSR count).